The van der Waals surface area contributed by atoms with Gasteiger partial charge < -0.3 is 15.7 Å². The van der Waals surface area contributed by atoms with Crippen molar-refractivity contribution in [1.82, 2.24) is 5.32 Å². The number of carbonyl (C=O) groups is 2. The maximum atomic E-state index is 11.8. The average Bonchev–Trinajstić information content (AvgIpc) is 2.39. The Bertz CT molecular complexity index is 498. The molecule has 3 N–H and O–H groups in total. The zero-order valence-corrected chi connectivity index (χ0v) is 12.9. The normalized spacial score (nSPS) is 10.5. The lowest BCUT2D eigenvalue weighted by molar-refractivity contribution is 0.0698. The van der Waals surface area contributed by atoms with Gasteiger partial charge in [0.1, 0.15) is 0 Å². The number of amides is 2. The van der Waals surface area contributed by atoms with Crippen molar-refractivity contribution in [2.75, 3.05) is 11.9 Å². The van der Waals surface area contributed by atoms with Gasteiger partial charge >= 0.3 is 12.0 Å². The topological polar surface area (TPSA) is 78.4 Å². The van der Waals surface area contributed by atoms with Gasteiger partial charge in [-0.05, 0) is 31.4 Å². The fraction of sp³-hybridized carbons (Fsp3) is 0.500. The van der Waals surface area contributed by atoms with Gasteiger partial charge in [0.25, 0.3) is 0 Å². The Hall–Kier alpha value is -2.04. The lowest BCUT2D eigenvalue weighted by atomic mass is 10.1. The van der Waals surface area contributed by atoms with Crippen molar-refractivity contribution < 1.29 is 14.7 Å². The number of urea groups is 1. The predicted octanol–water partition coefficient (Wildman–Crippen LogP) is 3.64. The van der Waals surface area contributed by atoms with Crippen LogP contribution >= 0.6 is 0 Å². The summed E-state index contributed by atoms with van der Waals surface area (Å²) in [6.45, 7) is 6.74. The number of aromatic carboxylic acids is 1. The lowest BCUT2D eigenvalue weighted by Gasteiger charge is -2.11. The number of hydrogen-bond donors (Lipinski definition) is 3. The minimum atomic E-state index is -1.05. The second-order valence-electron chi connectivity index (χ2n) is 5.62. The maximum Gasteiger partial charge on any atom is 0.337 e. The van der Waals surface area contributed by atoms with E-state index in [1.54, 1.807) is 18.2 Å². The van der Waals surface area contributed by atoms with E-state index < -0.39 is 5.97 Å². The van der Waals surface area contributed by atoms with Crippen molar-refractivity contribution in [3.8, 4) is 0 Å². The molecule has 0 heterocycles. The quantitative estimate of drug-likeness (QED) is 0.671. The third-order valence-electron chi connectivity index (χ3n) is 3.15. The number of carboxylic acids is 1. The van der Waals surface area contributed by atoms with Crippen LogP contribution < -0.4 is 10.6 Å². The summed E-state index contributed by atoms with van der Waals surface area (Å²) in [4.78, 5) is 22.9. The van der Waals surface area contributed by atoms with Crippen LogP contribution in [0.3, 0.4) is 0 Å². The van der Waals surface area contributed by atoms with Crippen molar-refractivity contribution in [1.29, 1.82) is 0 Å². The predicted molar refractivity (Wildman–Crippen MR) is 83.8 cm³/mol. The van der Waals surface area contributed by atoms with Crippen LogP contribution in [0, 0.1) is 12.8 Å². The van der Waals surface area contributed by atoms with Crippen LogP contribution in [0.1, 0.15) is 49.0 Å². The first-order valence-corrected chi connectivity index (χ1v) is 7.29. The highest BCUT2D eigenvalue weighted by Gasteiger charge is 2.12. The fourth-order valence-electron chi connectivity index (χ4n) is 1.99. The van der Waals surface area contributed by atoms with E-state index in [0.29, 0.717) is 18.2 Å². The number of carbonyl (C=O) groups excluding carboxylic acids is 1. The minimum Gasteiger partial charge on any atom is -0.478 e. The van der Waals surface area contributed by atoms with Crippen molar-refractivity contribution in [2.24, 2.45) is 5.92 Å². The third-order valence-corrected chi connectivity index (χ3v) is 3.15. The van der Waals surface area contributed by atoms with Crippen LogP contribution in [0.4, 0.5) is 10.5 Å². The highest BCUT2D eigenvalue weighted by atomic mass is 16.4. The number of hydrogen-bond acceptors (Lipinski definition) is 2. The van der Waals surface area contributed by atoms with E-state index in [2.05, 4.69) is 24.5 Å². The molecule has 0 atom stereocenters. The molecule has 0 aliphatic rings. The highest BCUT2D eigenvalue weighted by Crippen LogP contribution is 2.17. The second kappa shape index (κ2) is 8.29. The second-order valence-corrected chi connectivity index (χ2v) is 5.62. The SMILES string of the molecule is Cc1ccc(NC(=O)NCCCCC(C)C)c(C(=O)O)c1. The van der Waals surface area contributed by atoms with Crippen LogP contribution in [0.25, 0.3) is 0 Å². The number of unbranched alkanes of at least 4 members (excludes halogenated alkanes) is 1. The molecule has 0 unspecified atom stereocenters. The van der Waals surface area contributed by atoms with Gasteiger partial charge in [-0.1, -0.05) is 38.3 Å². The van der Waals surface area contributed by atoms with Gasteiger partial charge in [-0.2, -0.15) is 0 Å². The first-order valence-electron chi connectivity index (χ1n) is 7.29. The van der Waals surface area contributed by atoms with E-state index in [4.69, 9.17) is 5.11 Å². The van der Waals surface area contributed by atoms with Gasteiger partial charge in [-0.3, -0.25) is 0 Å². The van der Waals surface area contributed by atoms with Crippen molar-refractivity contribution in [3.63, 3.8) is 0 Å². The summed E-state index contributed by atoms with van der Waals surface area (Å²) in [7, 11) is 0. The van der Waals surface area contributed by atoms with Gasteiger partial charge in [0.2, 0.25) is 0 Å². The Kier molecular flexibility index (Phi) is 6.72. The fourth-order valence-corrected chi connectivity index (χ4v) is 1.99. The number of aryl methyl sites for hydroxylation is 1. The Morgan fingerprint density at radius 1 is 1.24 bits per heavy atom. The third kappa shape index (κ3) is 6.29. The molecular weight excluding hydrogens is 268 g/mol. The summed E-state index contributed by atoms with van der Waals surface area (Å²) in [5, 5.41) is 14.5. The summed E-state index contributed by atoms with van der Waals surface area (Å²) in [5.74, 6) is -0.379. The lowest BCUT2D eigenvalue weighted by Crippen LogP contribution is -2.30. The largest absolute Gasteiger partial charge is 0.478 e. The Morgan fingerprint density at radius 2 is 1.95 bits per heavy atom. The summed E-state index contributed by atoms with van der Waals surface area (Å²) in [6, 6.07) is 4.55. The van der Waals surface area contributed by atoms with Crippen LogP contribution in [-0.2, 0) is 0 Å². The molecule has 116 valence electrons. The molecule has 2 amide bonds. The zero-order chi connectivity index (χ0) is 15.8. The molecule has 0 saturated heterocycles. The van der Waals surface area contributed by atoms with Crippen molar-refractivity contribution in [3.05, 3.63) is 29.3 Å². The standard InChI is InChI=1S/C16H24N2O3/c1-11(2)6-4-5-9-17-16(21)18-14-8-7-12(3)10-13(14)15(19)20/h7-8,10-11H,4-6,9H2,1-3H3,(H,19,20)(H2,17,18,21). The van der Waals surface area contributed by atoms with Crippen LogP contribution in [0.2, 0.25) is 0 Å². The van der Waals surface area contributed by atoms with Crippen molar-refractivity contribution >= 4 is 17.7 Å². The molecular formula is C16H24N2O3. The number of anilines is 1. The van der Waals surface area contributed by atoms with Gasteiger partial charge in [0.05, 0.1) is 11.3 Å². The molecule has 0 aliphatic heterocycles. The Morgan fingerprint density at radius 3 is 2.57 bits per heavy atom. The first-order chi connectivity index (χ1) is 9.90. The molecule has 5 heteroatoms. The molecule has 0 fully saturated rings. The summed E-state index contributed by atoms with van der Waals surface area (Å²) in [5.41, 5.74) is 1.25. The smallest absolute Gasteiger partial charge is 0.337 e. The number of benzene rings is 1. The molecule has 1 aromatic carbocycles. The van der Waals surface area contributed by atoms with Crippen LogP contribution in [0.5, 0.6) is 0 Å². The average molecular weight is 292 g/mol. The van der Waals surface area contributed by atoms with Gasteiger partial charge in [-0.15, -0.1) is 0 Å². The molecule has 1 rings (SSSR count). The van der Waals surface area contributed by atoms with E-state index in [9.17, 15) is 9.59 Å². The highest BCUT2D eigenvalue weighted by molar-refractivity contribution is 6.00. The molecule has 1 aromatic rings. The molecule has 0 radical (unpaired) electrons. The Labute approximate surface area is 125 Å². The summed E-state index contributed by atoms with van der Waals surface area (Å²) in [6.07, 6.45) is 3.14. The Balaban J connectivity index is 2.46. The summed E-state index contributed by atoms with van der Waals surface area (Å²) >= 11 is 0. The summed E-state index contributed by atoms with van der Waals surface area (Å²) < 4.78 is 0. The molecule has 5 nitrogen and oxygen atoms in total. The first kappa shape index (κ1) is 17.0. The molecule has 0 spiro atoms. The van der Waals surface area contributed by atoms with Crippen molar-refractivity contribution in [2.45, 2.75) is 40.0 Å². The van der Waals surface area contributed by atoms with E-state index >= 15 is 0 Å². The number of nitrogens with one attached hydrogen (secondary N) is 2. The van der Waals surface area contributed by atoms with E-state index in [1.165, 1.54) is 0 Å². The van der Waals surface area contributed by atoms with E-state index in [0.717, 1.165) is 24.8 Å². The van der Waals surface area contributed by atoms with Crippen LogP contribution in [-0.4, -0.2) is 23.7 Å². The number of rotatable bonds is 7. The van der Waals surface area contributed by atoms with E-state index in [1.807, 2.05) is 6.92 Å². The van der Waals surface area contributed by atoms with Gasteiger partial charge in [0, 0.05) is 6.54 Å². The molecule has 0 aliphatic carbocycles. The minimum absolute atomic E-state index is 0.102. The molecule has 0 aromatic heterocycles. The monoisotopic (exact) mass is 292 g/mol. The van der Waals surface area contributed by atoms with Crippen LogP contribution in [0.15, 0.2) is 18.2 Å². The molecule has 0 saturated carbocycles. The van der Waals surface area contributed by atoms with Gasteiger partial charge in [-0.25, -0.2) is 9.59 Å². The molecule has 0 bridgehead atoms. The zero-order valence-electron chi connectivity index (χ0n) is 12.9. The number of carboxylic acid groups (broad SMARTS) is 1. The maximum absolute atomic E-state index is 11.8. The van der Waals surface area contributed by atoms with Gasteiger partial charge in [0.15, 0.2) is 0 Å². The molecule has 21 heavy (non-hydrogen) atoms. The van der Waals surface area contributed by atoms with E-state index in [-0.39, 0.29) is 11.6 Å².